The largest absolute Gasteiger partial charge is 0.383 e. The number of aromatic nitrogens is 2. The van der Waals surface area contributed by atoms with Crippen molar-refractivity contribution in [1.29, 1.82) is 0 Å². The van der Waals surface area contributed by atoms with E-state index in [1.54, 1.807) is 7.11 Å². The van der Waals surface area contributed by atoms with Crippen molar-refractivity contribution >= 4 is 11.6 Å². The minimum Gasteiger partial charge on any atom is -0.383 e. The van der Waals surface area contributed by atoms with E-state index < -0.39 is 0 Å². The first-order valence-electron chi connectivity index (χ1n) is 5.07. The van der Waals surface area contributed by atoms with Gasteiger partial charge in [0.2, 0.25) is 0 Å². The Kier molecular flexibility index (Phi) is 2.73. The number of hydrogen-bond acceptors (Lipinski definition) is 5. The summed E-state index contributed by atoms with van der Waals surface area (Å²) in [6.45, 7) is 1.92. The second-order valence-corrected chi connectivity index (χ2v) is 3.90. The SMILES string of the molecule is COC1CC(Nc2ncnc(N)c2C)C1. The molecule has 5 heteroatoms. The van der Waals surface area contributed by atoms with Gasteiger partial charge in [0, 0.05) is 18.7 Å². The van der Waals surface area contributed by atoms with E-state index in [0.717, 1.165) is 24.2 Å². The van der Waals surface area contributed by atoms with Gasteiger partial charge >= 0.3 is 0 Å². The summed E-state index contributed by atoms with van der Waals surface area (Å²) in [5.41, 5.74) is 6.61. The summed E-state index contributed by atoms with van der Waals surface area (Å²) in [5.74, 6) is 1.37. The van der Waals surface area contributed by atoms with Gasteiger partial charge in [-0.2, -0.15) is 0 Å². The Bertz CT molecular complexity index is 349. The Morgan fingerprint density at radius 3 is 2.87 bits per heavy atom. The lowest BCUT2D eigenvalue weighted by molar-refractivity contribution is 0.0328. The van der Waals surface area contributed by atoms with Crippen molar-refractivity contribution in [3.63, 3.8) is 0 Å². The van der Waals surface area contributed by atoms with Crippen molar-refractivity contribution < 1.29 is 4.74 Å². The van der Waals surface area contributed by atoms with Gasteiger partial charge in [0.05, 0.1) is 6.10 Å². The van der Waals surface area contributed by atoms with E-state index >= 15 is 0 Å². The molecule has 0 bridgehead atoms. The predicted molar refractivity (Wildman–Crippen MR) is 58.6 cm³/mol. The third kappa shape index (κ3) is 2.02. The molecule has 1 saturated carbocycles. The number of hydrogen-bond donors (Lipinski definition) is 2. The molecule has 0 amide bonds. The fraction of sp³-hybridized carbons (Fsp3) is 0.600. The maximum Gasteiger partial charge on any atom is 0.134 e. The van der Waals surface area contributed by atoms with Crippen LogP contribution in [-0.4, -0.2) is 29.2 Å². The lowest BCUT2D eigenvalue weighted by Gasteiger charge is -2.35. The minimum absolute atomic E-state index is 0.391. The van der Waals surface area contributed by atoms with E-state index in [2.05, 4.69) is 15.3 Å². The van der Waals surface area contributed by atoms with Gasteiger partial charge in [0.15, 0.2) is 0 Å². The zero-order valence-corrected chi connectivity index (χ0v) is 9.03. The number of methoxy groups -OCH3 is 1. The van der Waals surface area contributed by atoms with Crippen LogP contribution in [0.4, 0.5) is 11.6 Å². The molecule has 0 saturated heterocycles. The van der Waals surface area contributed by atoms with Crippen LogP contribution in [0.15, 0.2) is 6.33 Å². The lowest BCUT2D eigenvalue weighted by atomic mass is 9.89. The molecule has 2 rings (SSSR count). The predicted octanol–water partition coefficient (Wildman–Crippen LogP) is 0.957. The smallest absolute Gasteiger partial charge is 0.134 e. The van der Waals surface area contributed by atoms with Gasteiger partial charge in [0.25, 0.3) is 0 Å². The number of nitrogens with zero attached hydrogens (tertiary/aromatic N) is 2. The molecule has 0 aliphatic heterocycles. The third-order valence-electron chi connectivity index (χ3n) is 2.89. The standard InChI is InChI=1S/C10H16N4O/c1-6-9(11)12-5-13-10(6)14-7-3-8(4-7)15-2/h5,7-8H,3-4H2,1-2H3,(H3,11,12,13,14). The summed E-state index contributed by atoms with van der Waals surface area (Å²) in [4.78, 5) is 8.09. The van der Waals surface area contributed by atoms with E-state index in [0.29, 0.717) is 18.0 Å². The van der Waals surface area contributed by atoms with Crippen LogP contribution < -0.4 is 11.1 Å². The summed E-state index contributed by atoms with van der Waals surface area (Å²) < 4.78 is 5.21. The monoisotopic (exact) mass is 208 g/mol. The Balaban J connectivity index is 1.97. The zero-order valence-electron chi connectivity index (χ0n) is 9.03. The molecule has 1 aromatic heterocycles. The first-order chi connectivity index (χ1) is 7.20. The summed E-state index contributed by atoms with van der Waals surface area (Å²) in [6.07, 6.45) is 3.93. The second kappa shape index (κ2) is 4.02. The first-order valence-corrected chi connectivity index (χ1v) is 5.07. The molecule has 0 unspecified atom stereocenters. The molecule has 0 aromatic carbocycles. The van der Waals surface area contributed by atoms with Crippen molar-refractivity contribution in [3.8, 4) is 0 Å². The number of nitrogens with one attached hydrogen (secondary N) is 1. The Morgan fingerprint density at radius 1 is 1.47 bits per heavy atom. The van der Waals surface area contributed by atoms with Crippen molar-refractivity contribution in [1.82, 2.24) is 9.97 Å². The molecule has 3 N–H and O–H groups in total. The first kappa shape index (κ1) is 10.2. The maximum absolute atomic E-state index is 5.69. The molecule has 15 heavy (non-hydrogen) atoms. The molecule has 1 heterocycles. The Hall–Kier alpha value is -1.36. The van der Waals surface area contributed by atoms with Gasteiger partial charge in [-0.3, -0.25) is 0 Å². The average molecular weight is 208 g/mol. The normalized spacial score (nSPS) is 24.7. The van der Waals surface area contributed by atoms with Crippen LogP contribution in [0, 0.1) is 6.92 Å². The van der Waals surface area contributed by atoms with Gasteiger partial charge in [-0.05, 0) is 19.8 Å². The molecule has 1 aromatic rings. The molecule has 0 radical (unpaired) electrons. The van der Waals surface area contributed by atoms with Crippen LogP contribution in [0.2, 0.25) is 0 Å². The molecular weight excluding hydrogens is 192 g/mol. The van der Waals surface area contributed by atoms with E-state index in [9.17, 15) is 0 Å². The number of nitrogen functional groups attached to an aromatic ring is 1. The lowest BCUT2D eigenvalue weighted by Crippen LogP contribution is -2.40. The van der Waals surface area contributed by atoms with Crippen LogP contribution >= 0.6 is 0 Å². The third-order valence-corrected chi connectivity index (χ3v) is 2.89. The van der Waals surface area contributed by atoms with E-state index in [1.165, 1.54) is 6.33 Å². The maximum atomic E-state index is 5.69. The Labute approximate surface area is 89.1 Å². The van der Waals surface area contributed by atoms with Crippen LogP contribution in [0.25, 0.3) is 0 Å². The highest BCUT2D eigenvalue weighted by atomic mass is 16.5. The van der Waals surface area contributed by atoms with Crippen molar-refractivity contribution in [2.45, 2.75) is 31.9 Å². The van der Waals surface area contributed by atoms with Crippen LogP contribution in [-0.2, 0) is 4.74 Å². The number of anilines is 2. The second-order valence-electron chi connectivity index (χ2n) is 3.90. The molecular formula is C10H16N4O. The number of rotatable bonds is 3. The topological polar surface area (TPSA) is 73.1 Å². The molecule has 1 aliphatic rings. The number of ether oxygens (including phenoxy) is 1. The zero-order chi connectivity index (χ0) is 10.8. The molecule has 0 spiro atoms. The highest BCUT2D eigenvalue weighted by molar-refractivity contribution is 5.54. The fourth-order valence-electron chi connectivity index (χ4n) is 1.68. The highest BCUT2D eigenvalue weighted by Crippen LogP contribution is 2.27. The van der Waals surface area contributed by atoms with Crippen molar-refractivity contribution in [2.24, 2.45) is 0 Å². The molecule has 5 nitrogen and oxygen atoms in total. The molecule has 0 atom stereocenters. The highest BCUT2D eigenvalue weighted by Gasteiger charge is 2.29. The van der Waals surface area contributed by atoms with Gasteiger partial charge in [-0.15, -0.1) is 0 Å². The van der Waals surface area contributed by atoms with Gasteiger partial charge in [0.1, 0.15) is 18.0 Å². The van der Waals surface area contributed by atoms with E-state index in [1.807, 2.05) is 6.92 Å². The van der Waals surface area contributed by atoms with Crippen LogP contribution in [0.3, 0.4) is 0 Å². The van der Waals surface area contributed by atoms with Gasteiger partial charge in [-0.1, -0.05) is 0 Å². The summed E-state index contributed by atoms with van der Waals surface area (Å²) in [6, 6.07) is 0.447. The molecule has 1 fully saturated rings. The Morgan fingerprint density at radius 2 is 2.20 bits per heavy atom. The fourth-order valence-corrected chi connectivity index (χ4v) is 1.68. The summed E-state index contributed by atoms with van der Waals surface area (Å²) >= 11 is 0. The number of nitrogens with two attached hydrogens (primary N) is 1. The van der Waals surface area contributed by atoms with E-state index in [4.69, 9.17) is 10.5 Å². The van der Waals surface area contributed by atoms with E-state index in [-0.39, 0.29) is 0 Å². The summed E-state index contributed by atoms with van der Waals surface area (Å²) in [7, 11) is 1.74. The van der Waals surface area contributed by atoms with Crippen molar-refractivity contribution in [2.75, 3.05) is 18.2 Å². The van der Waals surface area contributed by atoms with Crippen LogP contribution in [0.1, 0.15) is 18.4 Å². The molecule has 82 valence electrons. The van der Waals surface area contributed by atoms with Gasteiger partial charge in [-0.25, -0.2) is 9.97 Å². The van der Waals surface area contributed by atoms with Crippen LogP contribution in [0.5, 0.6) is 0 Å². The quantitative estimate of drug-likeness (QED) is 0.774. The van der Waals surface area contributed by atoms with Crippen molar-refractivity contribution in [3.05, 3.63) is 11.9 Å². The molecule has 1 aliphatic carbocycles. The van der Waals surface area contributed by atoms with Gasteiger partial charge < -0.3 is 15.8 Å². The minimum atomic E-state index is 0.391. The average Bonchev–Trinajstić information content (AvgIpc) is 2.17. The summed E-state index contributed by atoms with van der Waals surface area (Å²) in [5, 5.41) is 3.34.